The summed E-state index contributed by atoms with van der Waals surface area (Å²) < 4.78 is 1.05. The Labute approximate surface area is 128 Å². The molecule has 1 aromatic rings. The minimum atomic E-state index is 0.170. The Morgan fingerprint density at radius 3 is 2.80 bits per heavy atom. The van der Waals surface area contributed by atoms with Gasteiger partial charge in [-0.3, -0.25) is 4.79 Å². The smallest absolute Gasteiger partial charge is 0.253 e. The van der Waals surface area contributed by atoms with Gasteiger partial charge in [0, 0.05) is 29.2 Å². The number of carbonyl (C=O) groups is 1. The number of fused-ring (bicyclic) bond motifs is 1. The minimum absolute atomic E-state index is 0.170. The molecule has 2 aliphatic rings. The highest BCUT2D eigenvalue weighted by Crippen LogP contribution is 2.36. The number of amides is 1. The van der Waals surface area contributed by atoms with Crippen LogP contribution in [-0.4, -0.2) is 29.9 Å². The molecule has 0 bridgehead atoms. The predicted octanol–water partition coefficient (Wildman–Crippen LogP) is 2.96. The third kappa shape index (κ3) is 2.63. The molecule has 1 heterocycles. The van der Waals surface area contributed by atoms with Gasteiger partial charge in [-0.2, -0.15) is 0 Å². The van der Waals surface area contributed by atoms with Crippen molar-refractivity contribution in [2.24, 2.45) is 17.6 Å². The zero-order valence-electron chi connectivity index (χ0n) is 11.8. The molecule has 108 valence electrons. The van der Waals surface area contributed by atoms with E-state index in [1.54, 1.807) is 0 Å². The summed E-state index contributed by atoms with van der Waals surface area (Å²) in [6.45, 7) is 3.81. The zero-order valence-corrected chi connectivity index (χ0v) is 13.4. The first-order valence-electron chi connectivity index (χ1n) is 7.35. The van der Waals surface area contributed by atoms with Gasteiger partial charge in [0.25, 0.3) is 5.91 Å². The lowest BCUT2D eigenvalue weighted by Gasteiger charge is -2.27. The third-order valence-electron chi connectivity index (χ3n) is 4.78. The van der Waals surface area contributed by atoms with E-state index in [-0.39, 0.29) is 5.91 Å². The molecule has 1 unspecified atom stereocenters. The lowest BCUT2D eigenvalue weighted by Crippen LogP contribution is -2.32. The maximum atomic E-state index is 12.6. The normalized spacial score (nSPS) is 29.4. The Morgan fingerprint density at radius 1 is 1.30 bits per heavy atom. The first kappa shape index (κ1) is 14.1. The van der Waals surface area contributed by atoms with E-state index in [1.165, 1.54) is 6.42 Å². The largest absolute Gasteiger partial charge is 0.338 e. The van der Waals surface area contributed by atoms with E-state index >= 15 is 0 Å². The van der Waals surface area contributed by atoms with Gasteiger partial charge < -0.3 is 10.6 Å². The van der Waals surface area contributed by atoms with Gasteiger partial charge in [-0.15, -0.1) is 0 Å². The summed E-state index contributed by atoms with van der Waals surface area (Å²) in [5, 5.41) is 0. The molecule has 0 aromatic heterocycles. The average Bonchev–Trinajstić information content (AvgIpc) is 2.84. The molecule has 1 saturated heterocycles. The summed E-state index contributed by atoms with van der Waals surface area (Å²) in [5.74, 6) is 1.44. The third-order valence-corrected chi connectivity index (χ3v) is 5.67. The molecule has 3 atom stereocenters. The molecule has 3 nitrogen and oxygen atoms in total. The van der Waals surface area contributed by atoms with Crippen LogP contribution in [0.25, 0.3) is 0 Å². The van der Waals surface area contributed by atoms with Crippen LogP contribution in [0.1, 0.15) is 35.2 Å². The van der Waals surface area contributed by atoms with Crippen molar-refractivity contribution >= 4 is 21.8 Å². The number of nitrogens with two attached hydrogens (primary N) is 1. The number of benzene rings is 1. The Kier molecular flexibility index (Phi) is 3.87. The van der Waals surface area contributed by atoms with Crippen LogP contribution in [0, 0.1) is 18.8 Å². The summed E-state index contributed by atoms with van der Waals surface area (Å²) in [5.41, 5.74) is 7.96. The van der Waals surface area contributed by atoms with E-state index in [4.69, 9.17) is 5.73 Å². The Balaban J connectivity index is 1.73. The van der Waals surface area contributed by atoms with E-state index in [1.807, 2.05) is 30.0 Å². The van der Waals surface area contributed by atoms with Gasteiger partial charge in [-0.05, 0) is 61.8 Å². The van der Waals surface area contributed by atoms with Crippen LogP contribution in [-0.2, 0) is 0 Å². The number of hydrogen-bond acceptors (Lipinski definition) is 2. The van der Waals surface area contributed by atoms with Crippen LogP contribution >= 0.6 is 15.9 Å². The highest BCUT2D eigenvalue weighted by molar-refractivity contribution is 9.10. The van der Waals surface area contributed by atoms with Crippen molar-refractivity contribution in [3.63, 3.8) is 0 Å². The number of likely N-dealkylation sites (tertiary alicyclic amines) is 1. The first-order chi connectivity index (χ1) is 9.54. The Hall–Kier alpha value is -0.870. The van der Waals surface area contributed by atoms with E-state index < -0.39 is 0 Å². The molecule has 3 rings (SSSR count). The quantitative estimate of drug-likeness (QED) is 0.856. The van der Waals surface area contributed by atoms with E-state index in [9.17, 15) is 4.79 Å². The van der Waals surface area contributed by atoms with Crippen molar-refractivity contribution in [2.45, 2.75) is 32.2 Å². The van der Waals surface area contributed by atoms with Gasteiger partial charge in [0.15, 0.2) is 0 Å². The molecule has 1 aliphatic carbocycles. The van der Waals surface area contributed by atoms with E-state index in [0.717, 1.165) is 41.5 Å². The van der Waals surface area contributed by atoms with Crippen molar-refractivity contribution in [2.75, 3.05) is 13.1 Å². The van der Waals surface area contributed by atoms with Gasteiger partial charge in [0.1, 0.15) is 0 Å². The van der Waals surface area contributed by atoms with Crippen molar-refractivity contribution in [3.05, 3.63) is 33.8 Å². The molecule has 1 aromatic carbocycles. The van der Waals surface area contributed by atoms with Crippen LogP contribution in [0.5, 0.6) is 0 Å². The second-order valence-corrected chi connectivity index (χ2v) is 7.12. The molecule has 20 heavy (non-hydrogen) atoms. The van der Waals surface area contributed by atoms with Crippen LogP contribution < -0.4 is 5.73 Å². The molecule has 0 spiro atoms. The van der Waals surface area contributed by atoms with Gasteiger partial charge >= 0.3 is 0 Å². The highest BCUT2D eigenvalue weighted by atomic mass is 79.9. The molecular formula is C16H21BrN2O. The number of nitrogens with zero attached hydrogens (tertiary/aromatic N) is 1. The van der Waals surface area contributed by atoms with Crippen LogP contribution in [0.15, 0.2) is 22.7 Å². The fourth-order valence-electron chi connectivity index (χ4n) is 3.59. The lowest BCUT2D eigenvalue weighted by atomic mass is 9.79. The maximum Gasteiger partial charge on any atom is 0.253 e. The van der Waals surface area contributed by atoms with Crippen LogP contribution in [0.2, 0.25) is 0 Å². The topological polar surface area (TPSA) is 46.3 Å². The number of rotatable bonds is 1. The van der Waals surface area contributed by atoms with Gasteiger partial charge in [-0.25, -0.2) is 0 Å². The number of hydrogen-bond donors (Lipinski definition) is 1. The highest BCUT2D eigenvalue weighted by Gasteiger charge is 2.38. The van der Waals surface area contributed by atoms with Gasteiger partial charge in [0.2, 0.25) is 0 Å². The first-order valence-corrected chi connectivity index (χ1v) is 8.15. The summed E-state index contributed by atoms with van der Waals surface area (Å²) in [7, 11) is 0. The molecule has 1 aliphatic heterocycles. The summed E-state index contributed by atoms with van der Waals surface area (Å²) in [6, 6.07) is 6.18. The average molecular weight is 337 g/mol. The van der Waals surface area contributed by atoms with Crippen molar-refractivity contribution in [3.8, 4) is 0 Å². The molecule has 0 radical (unpaired) electrons. The lowest BCUT2D eigenvalue weighted by molar-refractivity contribution is 0.0784. The summed E-state index contributed by atoms with van der Waals surface area (Å²) >= 11 is 3.48. The number of aryl methyl sites for hydroxylation is 1. The molecule has 4 heteroatoms. The SMILES string of the molecule is Cc1cc(C(=O)N2C[C@H]3CCC(N)C[C@H]3C2)ccc1Br. The molecule has 1 saturated carbocycles. The standard InChI is InChI=1S/C16H21BrN2O/c1-10-6-11(3-5-15(10)17)16(20)19-8-12-2-4-14(18)7-13(12)9-19/h3,5-6,12-14H,2,4,7-9,18H2,1H3/t12-,13+,14?/m1/s1. The summed E-state index contributed by atoms with van der Waals surface area (Å²) in [4.78, 5) is 14.6. The fraction of sp³-hybridized carbons (Fsp3) is 0.562. The van der Waals surface area contributed by atoms with E-state index in [2.05, 4.69) is 15.9 Å². The summed E-state index contributed by atoms with van der Waals surface area (Å²) in [6.07, 6.45) is 3.36. The van der Waals surface area contributed by atoms with Crippen LogP contribution in [0.3, 0.4) is 0 Å². The second kappa shape index (κ2) is 5.49. The Morgan fingerprint density at radius 2 is 2.05 bits per heavy atom. The van der Waals surface area contributed by atoms with E-state index in [0.29, 0.717) is 17.9 Å². The maximum absolute atomic E-state index is 12.6. The number of halogens is 1. The van der Waals surface area contributed by atoms with Gasteiger partial charge in [0.05, 0.1) is 0 Å². The Bertz CT molecular complexity index is 531. The monoisotopic (exact) mass is 336 g/mol. The minimum Gasteiger partial charge on any atom is -0.338 e. The zero-order chi connectivity index (χ0) is 14.3. The van der Waals surface area contributed by atoms with Crippen molar-refractivity contribution in [1.29, 1.82) is 0 Å². The molecule has 2 N–H and O–H groups in total. The number of carbonyl (C=O) groups excluding carboxylic acids is 1. The molecular weight excluding hydrogens is 316 g/mol. The fourth-order valence-corrected chi connectivity index (χ4v) is 3.84. The predicted molar refractivity (Wildman–Crippen MR) is 83.6 cm³/mol. The van der Waals surface area contributed by atoms with Crippen molar-refractivity contribution in [1.82, 2.24) is 4.90 Å². The second-order valence-electron chi connectivity index (χ2n) is 6.27. The van der Waals surface area contributed by atoms with Crippen LogP contribution in [0.4, 0.5) is 0 Å². The van der Waals surface area contributed by atoms with Crippen molar-refractivity contribution < 1.29 is 4.79 Å². The molecule has 2 fully saturated rings. The molecule has 1 amide bonds. The van der Waals surface area contributed by atoms with Gasteiger partial charge in [-0.1, -0.05) is 15.9 Å².